The summed E-state index contributed by atoms with van der Waals surface area (Å²) in [5, 5.41) is 9.34. The van der Waals surface area contributed by atoms with E-state index < -0.39 is 5.43 Å². The Kier molecular flexibility index (Phi) is 5.89. The average Bonchev–Trinajstić information content (AvgIpc) is 3.10. The van der Waals surface area contributed by atoms with Crippen LogP contribution in [0.1, 0.15) is 29.7 Å². The largest absolute Gasteiger partial charge is 0.502 e. The van der Waals surface area contributed by atoms with Gasteiger partial charge in [-0.1, -0.05) is 29.8 Å². The van der Waals surface area contributed by atoms with Crippen molar-refractivity contribution in [1.29, 1.82) is 0 Å². The molecule has 0 aliphatic carbocycles. The highest BCUT2D eigenvalue weighted by Gasteiger charge is 2.20. The van der Waals surface area contributed by atoms with E-state index in [0.717, 1.165) is 45.2 Å². The van der Waals surface area contributed by atoms with Crippen LogP contribution < -0.4 is 5.43 Å². The van der Waals surface area contributed by atoms with E-state index in [0.29, 0.717) is 12.3 Å². The first kappa shape index (κ1) is 17.7. The van der Waals surface area contributed by atoms with Gasteiger partial charge in [-0.15, -0.1) is 0 Å². The van der Waals surface area contributed by atoms with Crippen molar-refractivity contribution in [2.45, 2.75) is 38.8 Å². The van der Waals surface area contributed by atoms with Gasteiger partial charge in [0.1, 0.15) is 12.0 Å². The number of ether oxygens (including phenoxy) is 1. The molecule has 1 fully saturated rings. The van der Waals surface area contributed by atoms with Crippen molar-refractivity contribution < 1.29 is 14.3 Å². The minimum atomic E-state index is -0.406. The smallest absolute Gasteiger partial charge is 0.226 e. The van der Waals surface area contributed by atoms with Crippen LogP contribution in [0.25, 0.3) is 0 Å². The molecule has 5 nitrogen and oxygen atoms in total. The number of aromatic hydroxyl groups is 1. The van der Waals surface area contributed by atoms with E-state index in [9.17, 15) is 9.90 Å². The lowest BCUT2D eigenvalue weighted by Crippen LogP contribution is -2.33. The average molecular weight is 343 g/mol. The minimum absolute atomic E-state index is 0.238. The van der Waals surface area contributed by atoms with E-state index in [1.165, 1.54) is 17.2 Å². The monoisotopic (exact) mass is 343 g/mol. The molecular weight excluding hydrogens is 318 g/mol. The Balaban J connectivity index is 1.66. The van der Waals surface area contributed by atoms with Gasteiger partial charge in [0.05, 0.1) is 12.6 Å². The van der Waals surface area contributed by atoms with Crippen LogP contribution in [-0.4, -0.2) is 35.8 Å². The third-order valence-corrected chi connectivity index (χ3v) is 4.57. The van der Waals surface area contributed by atoms with E-state index in [1.54, 1.807) is 0 Å². The van der Waals surface area contributed by atoms with Crippen LogP contribution >= 0.6 is 0 Å². The molecule has 0 amide bonds. The summed E-state index contributed by atoms with van der Waals surface area (Å²) in [6.07, 6.45) is 4.45. The minimum Gasteiger partial charge on any atom is -0.502 e. The quantitative estimate of drug-likeness (QED) is 0.837. The highest BCUT2D eigenvalue weighted by molar-refractivity contribution is 5.21. The second kappa shape index (κ2) is 8.32. The summed E-state index contributed by atoms with van der Waals surface area (Å²) in [6.45, 7) is 5.11. The molecule has 25 heavy (non-hydrogen) atoms. The van der Waals surface area contributed by atoms with E-state index >= 15 is 0 Å². The van der Waals surface area contributed by atoms with E-state index in [1.807, 2.05) is 0 Å². The molecule has 0 bridgehead atoms. The van der Waals surface area contributed by atoms with Gasteiger partial charge in [-0.2, -0.15) is 0 Å². The standard InChI is InChI=1S/C20H25NO4/c1-15-4-6-16(7-5-15)8-9-21(12-17-3-2-10-24-17)13-18-11-19(22)20(23)14-25-18/h4-7,11,14,17,23H,2-3,8-10,12-13H2,1H3. The molecule has 0 spiro atoms. The molecule has 1 aromatic carbocycles. The van der Waals surface area contributed by atoms with Crippen molar-refractivity contribution in [3.8, 4) is 5.75 Å². The number of hydrogen-bond acceptors (Lipinski definition) is 5. The highest BCUT2D eigenvalue weighted by Crippen LogP contribution is 2.16. The summed E-state index contributed by atoms with van der Waals surface area (Å²) in [5.74, 6) is 0.207. The summed E-state index contributed by atoms with van der Waals surface area (Å²) in [4.78, 5) is 13.9. The molecule has 134 valence electrons. The van der Waals surface area contributed by atoms with Crippen LogP contribution in [0.4, 0.5) is 0 Å². The van der Waals surface area contributed by atoms with Gasteiger partial charge in [-0.05, 0) is 31.7 Å². The van der Waals surface area contributed by atoms with Crippen LogP contribution in [0.5, 0.6) is 5.75 Å². The van der Waals surface area contributed by atoms with Crippen molar-refractivity contribution in [3.63, 3.8) is 0 Å². The SMILES string of the molecule is Cc1ccc(CCN(Cc2cc(=O)c(O)co2)CC2CCCO2)cc1. The van der Waals surface area contributed by atoms with Crippen LogP contribution in [0.15, 0.2) is 45.8 Å². The number of rotatable bonds is 7. The molecule has 1 saturated heterocycles. The van der Waals surface area contributed by atoms with Gasteiger partial charge in [-0.25, -0.2) is 0 Å². The van der Waals surface area contributed by atoms with Gasteiger partial charge in [-0.3, -0.25) is 9.69 Å². The maximum atomic E-state index is 11.6. The van der Waals surface area contributed by atoms with Gasteiger partial charge >= 0.3 is 0 Å². The molecule has 3 rings (SSSR count). The van der Waals surface area contributed by atoms with E-state index in [4.69, 9.17) is 9.15 Å². The number of hydrogen-bond donors (Lipinski definition) is 1. The van der Waals surface area contributed by atoms with Gasteiger partial charge < -0.3 is 14.3 Å². The Hall–Kier alpha value is -2.11. The molecule has 2 heterocycles. The van der Waals surface area contributed by atoms with Gasteiger partial charge in [0, 0.05) is 25.8 Å². The van der Waals surface area contributed by atoms with Crippen molar-refractivity contribution in [2.24, 2.45) is 0 Å². The zero-order chi connectivity index (χ0) is 17.6. The third kappa shape index (κ3) is 5.18. The number of nitrogens with zero attached hydrogens (tertiary/aromatic N) is 1. The van der Waals surface area contributed by atoms with Crippen molar-refractivity contribution in [1.82, 2.24) is 4.90 Å². The maximum absolute atomic E-state index is 11.6. The molecule has 1 aromatic heterocycles. The first-order valence-corrected chi connectivity index (χ1v) is 8.80. The van der Waals surface area contributed by atoms with Crippen LogP contribution in [0.2, 0.25) is 0 Å². The normalized spacial score (nSPS) is 17.3. The van der Waals surface area contributed by atoms with Gasteiger partial charge in [0.25, 0.3) is 0 Å². The Morgan fingerprint density at radius 1 is 1.28 bits per heavy atom. The predicted molar refractivity (Wildman–Crippen MR) is 95.8 cm³/mol. The Labute approximate surface area is 147 Å². The maximum Gasteiger partial charge on any atom is 0.226 e. The Bertz CT molecular complexity index is 732. The molecule has 5 heteroatoms. The fourth-order valence-electron chi connectivity index (χ4n) is 3.10. The van der Waals surface area contributed by atoms with Crippen molar-refractivity contribution in [3.05, 3.63) is 63.7 Å². The topological polar surface area (TPSA) is 62.9 Å². The van der Waals surface area contributed by atoms with E-state index in [2.05, 4.69) is 36.1 Å². The molecule has 1 unspecified atom stereocenters. The zero-order valence-corrected chi connectivity index (χ0v) is 14.6. The summed E-state index contributed by atoms with van der Waals surface area (Å²) in [7, 11) is 0. The van der Waals surface area contributed by atoms with Gasteiger partial charge in [0.2, 0.25) is 5.43 Å². The first-order chi connectivity index (χ1) is 12.1. The van der Waals surface area contributed by atoms with Gasteiger partial charge in [0.15, 0.2) is 5.75 Å². The van der Waals surface area contributed by atoms with Crippen LogP contribution in [0, 0.1) is 6.92 Å². The van der Waals surface area contributed by atoms with E-state index in [-0.39, 0.29) is 11.9 Å². The van der Waals surface area contributed by atoms with Crippen LogP contribution in [0.3, 0.4) is 0 Å². The van der Waals surface area contributed by atoms with Crippen LogP contribution in [-0.2, 0) is 17.7 Å². The second-order valence-electron chi connectivity index (χ2n) is 6.70. The molecule has 0 radical (unpaired) electrons. The zero-order valence-electron chi connectivity index (χ0n) is 14.6. The third-order valence-electron chi connectivity index (χ3n) is 4.57. The molecule has 0 saturated carbocycles. The lowest BCUT2D eigenvalue weighted by atomic mass is 10.1. The Morgan fingerprint density at radius 3 is 2.76 bits per heavy atom. The second-order valence-corrected chi connectivity index (χ2v) is 6.70. The molecule has 1 N–H and O–H groups in total. The van der Waals surface area contributed by atoms with Crippen molar-refractivity contribution >= 4 is 0 Å². The first-order valence-electron chi connectivity index (χ1n) is 8.80. The molecule has 1 atom stereocenters. The predicted octanol–water partition coefficient (Wildman–Crippen LogP) is 2.88. The molecule has 1 aliphatic rings. The Morgan fingerprint density at radius 2 is 2.08 bits per heavy atom. The molecule has 1 aliphatic heterocycles. The fourth-order valence-corrected chi connectivity index (χ4v) is 3.10. The molecular formula is C20H25NO4. The summed E-state index contributed by atoms with van der Waals surface area (Å²) < 4.78 is 11.1. The highest BCUT2D eigenvalue weighted by atomic mass is 16.5. The summed E-state index contributed by atoms with van der Waals surface area (Å²) in [5.41, 5.74) is 2.14. The fraction of sp³-hybridized carbons (Fsp3) is 0.450. The molecule has 2 aromatic rings. The summed E-state index contributed by atoms with van der Waals surface area (Å²) in [6, 6.07) is 9.92. The number of aryl methyl sites for hydroxylation is 1. The summed E-state index contributed by atoms with van der Waals surface area (Å²) >= 11 is 0. The lowest BCUT2D eigenvalue weighted by Gasteiger charge is -2.24. The number of benzene rings is 1. The van der Waals surface area contributed by atoms with Crippen molar-refractivity contribution in [2.75, 3.05) is 19.7 Å². The lowest BCUT2D eigenvalue weighted by molar-refractivity contribution is 0.0684.